The van der Waals surface area contributed by atoms with Gasteiger partial charge in [0.2, 0.25) is 0 Å². The van der Waals surface area contributed by atoms with E-state index in [1.807, 2.05) is 29.0 Å². The number of nitrogens with zero attached hydrogens (tertiary/aromatic N) is 6. The van der Waals surface area contributed by atoms with Crippen LogP contribution in [0.2, 0.25) is 0 Å². The summed E-state index contributed by atoms with van der Waals surface area (Å²) in [6.45, 7) is 6.19. The highest BCUT2D eigenvalue weighted by atomic mass is 16.5. The Hall–Kier alpha value is -2.25. The van der Waals surface area contributed by atoms with Crippen molar-refractivity contribution >= 4 is 5.65 Å². The smallest absolute Gasteiger partial charge is 0.163 e. The number of rotatable bonds is 4. The molecule has 7 nitrogen and oxygen atoms in total. The van der Waals surface area contributed by atoms with Gasteiger partial charge < -0.3 is 13.7 Å². The molecule has 1 fully saturated rings. The highest BCUT2D eigenvalue weighted by molar-refractivity contribution is 5.39. The van der Waals surface area contributed by atoms with Crippen LogP contribution in [-0.4, -0.2) is 48.7 Å². The van der Waals surface area contributed by atoms with E-state index in [1.54, 1.807) is 6.33 Å². The zero-order chi connectivity index (χ0) is 15.6. The summed E-state index contributed by atoms with van der Waals surface area (Å²) in [5.74, 6) is 0.909. The van der Waals surface area contributed by atoms with Crippen LogP contribution in [-0.2, 0) is 17.8 Å². The first-order valence-electron chi connectivity index (χ1n) is 7.98. The first-order chi connectivity index (χ1) is 11.3. The topological polar surface area (TPSA) is 60.5 Å². The zero-order valence-electron chi connectivity index (χ0n) is 13.2. The molecule has 3 aromatic rings. The summed E-state index contributed by atoms with van der Waals surface area (Å²) in [7, 11) is 0. The summed E-state index contributed by atoms with van der Waals surface area (Å²) in [5, 5.41) is 8.23. The Morgan fingerprint density at radius 1 is 1.35 bits per heavy atom. The maximum Gasteiger partial charge on any atom is 0.163 e. The van der Waals surface area contributed by atoms with Crippen molar-refractivity contribution in [3.8, 4) is 0 Å². The van der Waals surface area contributed by atoms with Crippen molar-refractivity contribution in [3.05, 3.63) is 48.4 Å². The molecular formula is C16H20N6O. The first kappa shape index (κ1) is 14.3. The van der Waals surface area contributed by atoms with Crippen LogP contribution < -0.4 is 0 Å². The maximum absolute atomic E-state index is 5.90. The minimum atomic E-state index is -0.0248. The second-order valence-electron chi connectivity index (χ2n) is 5.77. The number of hydrogen-bond acceptors (Lipinski definition) is 5. The van der Waals surface area contributed by atoms with Crippen molar-refractivity contribution in [1.29, 1.82) is 0 Å². The Kier molecular flexibility index (Phi) is 3.80. The third kappa shape index (κ3) is 2.85. The van der Waals surface area contributed by atoms with Gasteiger partial charge in [-0.05, 0) is 19.1 Å². The molecule has 0 amide bonds. The third-order valence-corrected chi connectivity index (χ3v) is 4.22. The summed E-state index contributed by atoms with van der Waals surface area (Å²) in [6.07, 6.45) is 5.86. The van der Waals surface area contributed by atoms with Crippen LogP contribution in [0.5, 0.6) is 0 Å². The van der Waals surface area contributed by atoms with Crippen molar-refractivity contribution in [2.75, 3.05) is 19.7 Å². The number of pyridine rings is 1. The van der Waals surface area contributed by atoms with E-state index >= 15 is 0 Å². The standard InChI is InChI=1S/C16H20N6O/c1-2-21-12-17-19-16(21)14-11-20(7-8-23-14)9-13-10-22-6-4-3-5-15(22)18-13/h3-6,10,12,14H,2,7-9,11H2,1H3/t14-/m1/s1. The number of morpholine rings is 1. The average Bonchev–Trinajstić information content (AvgIpc) is 3.20. The van der Waals surface area contributed by atoms with Gasteiger partial charge in [-0.3, -0.25) is 4.90 Å². The molecule has 23 heavy (non-hydrogen) atoms. The van der Waals surface area contributed by atoms with Gasteiger partial charge in [0, 0.05) is 38.6 Å². The molecule has 4 heterocycles. The minimum absolute atomic E-state index is 0.0248. The SMILES string of the molecule is CCn1cnnc1[C@H]1CN(Cc2cn3ccccc3n2)CCO1. The van der Waals surface area contributed by atoms with Crippen molar-refractivity contribution < 1.29 is 4.74 Å². The van der Waals surface area contributed by atoms with Crippen LogP contribution in [0.1, 0.15) is 24.5 Å². The van der Waals surface area contributed by atoms with Gasteiger partial charge in [-0.15, -0.1) is 10.2 Å². The van der Waals surface area contributed by atoms with E-state index in [-0.39, 0.29) is 6.10 Å². The fourth-order valence-electron chi connectivity index (χ4n) is 3.05. The molecule has 0 unspecified atom stereocenters. The Balaban J connectivity index is 1.49. The molecule has 0 spiro atoms. The number of aromatic nitrogens is 5. The van der Waals surface area contributed by atoms with Crippen molar-refractivity contribution in [3.63, 3.8) is 0 Å². The van der Waals surface area contributed by atoms with Crippen molar-refractivity contribution in [2.45, 2.75) is 26.1 Å². The lowest BCUT2D eigenvalue weighted by atomic mass is 10.2. The van der Waals surface area contributed by atoms with Gasteiger partial charge in [-0.2, -0.15) is 0 Å². The predicted molar refractivity (Wildman–Crippen MR) is 84.9 cm³/mol. The lowest BCUT2D eigenvalue weighted by molar-refractivity contribution is -0.0391. The Morgan fingerprint density at radius 3 is 3.17 bits per heavy atom. The lowest BCUT2D eigenvalue weighted by Gasteiger charge is -2.31. The molecule has 3 aromatic heterocycles. The molecule has 7 heteroatoms. The summed E-state index contributed by atoms with van der Waals surface area (Å²) >= 11 is 0. The summed E-state index contributed by atoms with van der Waals surface area (Å²) in [6, 6.07) is 6.05. The van der Waals surface area contributed by atoms with Gasteiger partial charge in [0.15, 0.2) is 5.82 Å². The summed E-state index contributed by atoms with van der Waals surface area (Å²) < 4.78 is 10.00. The normalized spacial score (nSPS) is 19.4. The largest absolute Gasteiger partial charge is 0.368 e. The second-order valence-corrected chi connectivity index (χ2v) is 5.77. The van der Waals surface area contributed by atoms with Crippen LogP contribution in [0.3, 0.4) is 0 Å². The highest BCUT2D eigenvalue weighted by Gasteiger charge is 2.26. The molecule has 1 aliphatic rings. The molecule has 0 saturated carbocycles. The molecule has 1 atom stereocenters. The van der Waals surface area contributed by atoms with Gasteiger partial charge in [0.05, 0.1) is 12.3 Å². The van der Waals surface area contributed by atoms with Gasteiger partial charge in [-0.1, -0.05) is 6.07 Å². The van der Waals surface area contributed by atoms with Crippen LogP contribution >= 0.6 is 0 Å². The molecule has 1 saturated heterocycles. The maximum atomic E-state index is 5.90. The van der Waals surface area contributed by atoms with E-state index in [4.69, 9.17) is 4.74 Å². The third-order valence-electron chi connectivity index (χ3n) is 4.22. The van der Waals surface area contributed by atoms with E-state index in [0.717, 1.165) is 43.3 Å². The summed E-state index contributed by atoms with van der Waals surface area (Å²) in [5.41, 5.74) is 2.06. The Morgan fingerprint density at radius 2 is 2.30 bits per heavy atom. The molecule has 120 valence electrons. The van der Waals surface area contributed by atoms with Gasteiger partial charge in [0.1, 0.15) is 18.1 Å². The van der Waals surface area contributed by atoms with E-state index in [9.17, 15) is 0 Å². The first-order valence-corrected chi connectivity index (χ1v) is 7.98. The average molecular weight is 312 g/mol. The molecule has 0 aromatic carbocycles. The van der Waals surface area contributed by atoms with Crippen LogP contribution in [0, 0.1) is 0 Å². The molecule has 0 aliphatic carbocycles. The summed E-state index contributed by atoms with van der Waals surface area (Å²) in [4.78, 5) is 7.04. The molecule has 1 aliphatic heterocycles. The molecule has 0 N–H and O–H groups in total. The van der Waals surface area contributed by atoms with Crippen LogP contribution in [0.4, 0.5) is 0 Å². The number of imidazole rings is 1. The quantitative estimate of drug-likeness (QED) is 0.731. The van der Waals surface area contributed by atoms with Crippen LogP contribution in [0.15, 0.2) is 36.9 Å². The molecule has 0 radical (unpaired) electrons. The molecular weight excluding hydrogens is 292 g/mol. The van der Waals surface area contributed by atoms with Gasteiger partial charge in [0.25, 0.3) is 0 Å². The molecule has 0 bridgehead atoms. The molecule has 4 rings (SSSR count). The fourth-order valence-corrected chi connectivity index (χ4v) is 3.05. The highest BCUT2D eigenvalue weighted by Crippen LogP contribution is 2.21. The Labute approximate surface area is 134 Å². The van der Waals surface area contributed by atoms with Crippen molar-refractivity contribution in [1.82, 2.24) is 29.0 Å². The number of hydrogen-bond donors (Lipinski definition) is 0. The Bertz CT molecular complexity index is 762. The number of aryl methyl sites for hydroxylation is 1. The van der Waals surface area contributed by atoms with E-state index in [1.165, 1.54) is 0 Å². The van der Waals surface area contributed by atoms with Crippen molar-refractivity contribution in [2.24, 2.45) is 0 Å². The monoisotopic (exact) mass is 312 g/mol. The van der Waals surface area contributed by atoms with E-state index in [0.29, 0.717) is 6.61 Å². The van der Waals surface area contributed by atoms with Crippen LogP contribution in [0.25, 0.3) is 5.65 Å². The van der Waals surface area contributed by atoms with Gasteiger partial charge in [-0.25, -0.2) is 4.98 Å². The fraction of sp³-hybridized carbons (Fsp3) is 0.438. The number of fused-ring (bicyclic) bond motifs is 1. The number of ether oxygens (including phenoxy) is 1. The second kappa shape index (κ2) is 6.10. The van der Waals surface area contributed by atoms with E-state index < -0.39 is 0 Å². The minimum Gasteiger partial charge on any atom is -0.368 e. The zero-order valence-corrected chi connectivity index (χ0v) is 13.2. The predicted octanol–water partition coefficient (Wildman–Crippen LogP) is 1.52. The van der Waals surface area contributed by atoms with E-state index in [2.05, 4.69) is 37.6 Å². The van der Waals surface area contributed by atoms with Gasteiger partial charge >= 0.3 is 0 Å². The lowest BCUT2D eigenvalue weighted by Crippen LogP contribution is -2.38.